The second-order valence-electron chi connectivity index (χ2n) is 5.60. The summed E-state index contributed by atoms with van der Waals surface area (Å²) in [4.78, 5) is 16.1. The fourth-order valence-electron chi connectivity index (χ4n) is 2.35. The van der Waals surface area contributed by atoms with Gasteiger partial charge in [0.1, 0.15) is 18.4 Å². The molecule has 3 rings (SSSR count). The van der Waals surface area contributed by atoms with Gasteiger partial charge >= 0.3 is 12.5 Å². The molecule has 6 nitrogen and oxygen atoms in total. The first kappa shape index (κ1) is 20.2. The predicted octanol–water partition coefficient (Wildman–Crippen LogP) is 4.44. The van der Waals surface area contributed by atoms with E-state index >= 15 is 0 Å². The normalized spacial score (nSPS) is 11.9. The molecule has 0 saturated carbocycles. The number of anilines is 1. The standard InChI is InChI=1S/C17H10F6N4O2/c18-16(19,20)11-3-6-14(27-9-24-8-25-27)13(7-11)26-15(28)10-1-4-12(5-2-10)29-17(21,22)23/h1-9H,(H,26,28). The Kier molecular flexibility index (Phi) is 5.18. The van der Waals surface area contributed by atoms with Gasteiger partial charge in [0.15, 0.2) is 0 Å². The lowest BCUT2D eigenvalue weighted by Crippen LogP contribution is -2.18. The van der Waals surface area contributed by atoms with Crippen molar-refractivity contribution in [3.8, 4) is 11.4 Å². The lowest BCUT2D eigenvalue weighted by molar-refractivity contribution is -0.274. The zero-order valence-corrected chi connectivity index (χ0v) is 14.1. The molecule has 1 N–H and O–H groups in total. The van der Waals surface area contributed by atoms with Crippen LogP contribution in [0.2, 0.25) is 0 Å². The number of nitrogens with one attached hydrogen (secondary N) is 1. The van der Waals surface area contributed by atoms with Gasteiger partial charge in [0.25, 0.3) is 5.91 Å². The summed E-state index contributed by atoms with van der Waals surface area (Å²) in [7, 11) is 0. The maximum absolute atomic E-state index is 13.0. The van der Waals surface area contributed by atoms with Crippen LogP contribution in [0.1, 0.15) is 15.9 Å². The Morgan fingerprint density at radius 1 is 1.00 bits per heavy atom. The number of aromatic nitrogens is 3. The minimum atomic E-state index is -4.89. The molecule has 12 heteroatoms. The van der Waals surface area contributed by atoms with E-state index in [1.54, 1.807) is 0 Å². The number of nitrogens with zero attached hydrogens (tertiary/aromatic N) is 3. The van der Waals surface area contributed by atoms with Crippen LogP contribution >= 0.6 is 0 Å². The summed E-state index contributed by atoms with van der Waals surface area (Å²) in [5.74, 6) is -1.39. The molecule has 0 bridgehead atoms. The van der Waals surface area contributed by atoms with E-state index in [4.69, 9.17) is 0 Å². The number of hydrogen-bond acceptors (Lipinski definition) is 4. The van der Waals surface area contributed by atoms with E-state index in [1.165, 1.54) is 6.33 Å². The fraction of sp³-hybridized carbons (Fsp3) is 0.118. The maximum atomic E-state index is 13.0. The molecule has 152 valence electrons. The average Bonchev–Trinajstić information content (AvgIpc) is 3.14. The SMILES string of the molecule is O=C(Nc1cc(C(F)(F)F)ccc1-n1cncn1)c1ccc(OC(F)(F)F)cc1. The summed E-state index contributed by atoms with van der Waals surface area (Å²) in [6.45, 7) is 0. The number of rotatable bonds is 4. The minimum absolute atomic E-state index is 0.0959. The lowest BCUT2D eigenvalue weighted by Gasteiger charge is -2.14. The molecule has 0 aliphatic carbocycles. The molecular weight excluding hydrogens is 406 g/mol. The molecule has 1 amide bonds. The largest absolute Gasteiger partial charge is 0.573 e. The zero-order valence-electron chi connectivity index (χ0n) is 14.1. The first-order valence-electron chi connectivity index (χ1n) is 7.76. The van der Waals surface area contributed by atoms with E-state index in [0.29, 0.717) is 0 Å². The van der Waals surface area contributed by atoms with Crippen LogP contribution in [0, 0.1) is 0 Å². The van der Waals surface area contributed by atoms with Crippen molar-refractivity contribution in [2.75, 3.05) is 5.32 Å². The van der Waals surface area contributed by atoms with Gasteiger partial charge in [-0.05, 0) is 42.5 Å². The molecule has 0 aliphatic rings. The summed E-state index contributed by atoms with van der Waals surface area (Å²) in [5, 5.41) is 6.12. The van der Waals surface area contributed by atoms with Gasteiger partial charge in [-0.3, -0.25) is 4.79 Å². The Balaban J connectivity index is 1.89. The third-order valence-corrected chi connectivity index (χ3v) is 3.59. The van der Waals surface area contributed by atoms with Gasteiger partial charge in [-0.1, -0.05) is 0 Å². The van der Waals surface area contributed by atoms with E-state index in [-0.39, 0.29) is 16.9 Å². The number of carbonyl (C=O) groups excluding carboxylic acids is 1. The predicted molar refractivity (Wildman–Crippen MR) is 87.4 cm³/mol. The van der Waals surface area contributed by atoms with Gasteiger partial charge in [0.2, 0.25) is 0 Å². The van der Waals surface area contributed by atoms with Crippen molar-refractivity contribution in [3.05, 3.63) is 66.2 Å². The van der Waals surface area contributed by atoms with Gasteiger partial charge in [-0.15, -0.1) is 13.2 Å². The third-order valence-electron chi connectivity index (χ3n) is 3.59. The first-order chi connectivity index (χ1) is 13.5. The monoisotopic (exact) mass is 416 g/mol. The summed E-state index contributed by atoms with van der Waals surface area (Å²) >= 11 is 0. The minimum Gasteiger partial charge on any atom is -0.406 e. The van der Waals surface area contributed by atoms with Crippen LogP contribution in [-0.2, 0) is 6.18 Å². The molecule has 29 heavy (non-hydrogen) atoms. The number of amides is 1. The first-order valence-corrected chi connectivity index (χ1v) is 7.76. The molecular formula is C17H10F6N4O2. The highest BCUT2D eigenvalue weighted by atomic mass is 19.4. The van der Waals surface area contributed by atoms with Crippen LogP contribution in [0.25, 0.3) is 5.69 Å². The van der Waals surface area contributed by atoms with Crippen molar-refractivity contribution >= 4 is 11.6 Å². The third kappa shape index (κ3) is 5.03. The van der Waals surface area contributed by atoms with Crippen LogP contribution in [0.5, 0.6) is 5.75 Å². The quantitative estimate of drug-likeness (QED) is 0.639. The maximum Gasteiger partial charge on any atom is 0.573 e. The van der Waals surface area contributed by atoms with E-state index < -0.39 is 29.8 Å². The van der Waals surface area contributed by atoms with Gasteiger partial charge < -0.3 is 10.1 Å². The summed E-state index contributed by atoms with van der Waals surface area (Å²) < 4.78 is 80.5. The summed E-state index contributed by atoms with van der Waals surface area (Å²) in [6, 6.07) is 6.54. The molecule has 2 aromatic carbocycles. The topological polar surface area (TPSA) is 69.0 Å². The highest BCUT2D eigenvalue weighted by molar-refractivity contribution is 6.05. The van der Waals surface area contributed by atoms with Crippen molar-refractivity contribution in [2.45, 2.75) is 12.5 Å². The number of alkyl halides is 6. The van der Waals surface area contributed by atoms with Crippen molar-refractivity contribution in [1.29, 1.82) is 0 Å². The highest BCUT2D eigenvalue weighted by Crippen LogP contribution is 2.33. The molecule has 3 aromatic rings. The summed E-state index contributed by atoms with van der Waals surface area (Å²) in [6.07, 6.45) is -7.17. The second kappa shape index (κ2) is 7.45. The Morgan fingerprint density at radius 2 is 1.69 bits per heavy atom. The smallest absolute Gasteiger partial charge is 0.406 e. The summed E-state index contributed by atoms with van der Waals surface area (Å²) in [5.41, 5.74) is -1.21. The van der Waals surface area contributed by atoms with Gasteiger partial charge in [0.05, 0.1) is 16.9 Å². The number of carbonyl (C=O) groups is 1. The molecule has 0 atom stereocenters. The molecule has 1 heterocycles. The average molecular weight is 416 g/mol. The molecule has 0 spiro atoms. The number of hydrogen-bond donors (Lipinski definition) is 1. The number of benzene rings is 2. The van der Waals surface area contributed by atoms with Crippen molar-refractivity contribution in [2.24, 2.45) is 0 Å². The molecule has 0 fully saturated rings. The van der Waals surface area contributed by atoms with Crippen LogP contribution in [0.3, 0.4) is 0 Å². The van der Waals surface area contributed by atoms with Crippen LogP contribution in [0.15, 0.2) is 55.1 Å². The Hall–Kier alpha value is -3.57. The fourth-order valence-corrected chi connectivity index (χ4v) is 2.35. The molecule has 0 radical (unpaired) electrons. The van der Waals surface area contributed by atoms with E-state index in [0.717, 1.165) is 53.5 Å². The molecule has 0 saturated heterocycles. The number of halogens is 6. The van der Waals surface area contributed by atoms with Crippen LogP contribution in [-0.4, -0.2) is 27.0 Å². The Bertz CT molecular complexity index is 998. The van der Waals surface area contributed by atoms with Gasteiger partial charge in [-0.2, -0.15) is 18.3 Å². The van der Waals surface area contributed by atoms with Crippen molar-refractivity contribution < 1.29 is 35.9 Å². The van der Waals surface area contributed by atoms with Crippen LogP contribution < -0.4 is 10.1 Å². The Morgan fingerprint density at radius 3 is 2.24 bits per heavy atom. The van der Waals surface area contributed by atoms with Gasteiger partial charge in [0, 0.05) is 5.56 Å². The molecule has 1 aromatic heterocycles. The van der Waals surface area contributed by atoms with E-state index in [1.807, 2.05) is 0 Å². The second-order valence-corrected chi connectivity index (χ2v) is 5.60. The molecule has 0 aliphatic heterocycles. The lowest BCUT2D eigenvalue weighted by atomic mass is 10.1. The van der Waals surface area contributed by atoms with Crippen molar-refractivity contribution in [3.63, 3.8) is 0 Å². The van der Waals surface area contributed by atoms with E-state index in [9.17, 15) is 31.1 Å². The number of ether oxygens (including phenoxy) is 1. The zero-order chi connectivity index (χ0) is 21.2. The van der Waals surface area contributed by atoms with Crippen LogP contribution in [0.4, 0.5) is 32.0 Å². The highest BCUT2D eigenvalue weighted by Gasteiger charge is 2.32. The van der Waals surface area contributed by atoms with Crippen molar-refractivity contribution in [1.82, 2.24) is 14.8 Å². The van der Waals surface area contributed by atoms with E-state index in [2.05, 4.69) is 20.1 Å². The Labute approximate surface area is 158 Å². The molecule has 0 unspecified atom stereocenters. The van der Waals surface area contributed by atoms with Gasteiger partial charge in [-0.25, -0.2) is 9.67 Å².